The summed E-state index contributed by atoms with van der Waals surface area (Å²) in [5.41, 5.74) is -1.02. The zero-order valence-corrected chi connectivity index (χ0v) is 11.7. The number of fused-ring (bicyclic) bond motifs is 2. The van der Waals surface area contributed by atoms with E-state index in [-0.39, 0.29) is 12.1 Å². The topological polar surface area (TPSA) is 58.6 Å². The van der Waals surface area contributed by atoms with Crippen LogP contribution in [0.1, 0.15) is 59.3 Å². The normalized spacial score (nSPS) is 36.0. The minimum Gasteiger partial charge on any atom is -0.444 e. The maximum atomic E-state index is 11.7. The van der Waals surface area contributed by atoms with E-state index >= 15 is 0 Å². The maximum Gasteiger partial charge on any atom is 0.407 e. The minimum atomic E-state index is -0.555. The van der Waals surface area contributed by atoms with Crippen LogP contribution in [0.15, 0.2) is 0 Å². The molecule has 0 radical (unpaired) electrons. The monoisotopic (exact) mass is 255 g/mol. The second kappa shape index (κ2) is 4.72. The van der Waals surface area contributed by atoms with E-state index in [0.29, 0.717) is 12.3 Å². The summed E-state index contributed by atoms with van der Waals surface area (Å²) in [5.74, 6) is 0.553. The van der Waals surface area contributed by atoms with Crippen LogP contribution in [0.2, 0.25) is 0 Å². The first kappa shape index (κ1) is 13.7. The molecule has 0 aromatic heterocycles. The predicted molar refractivity (Wildman–Crippen MR) is 69.3 cm³/mol. The third-order valence-corrected chi connectivity index (χ3v) is 3.89. The van der Waals surface area contributed by atoms with Crippen molar-refractivity contribution in [3.8, 4) is 0 Å². The van der Waals surface area contributed by atoms with E-state index in [9.17, 15) is 9.90 Å². The van der Waals surface area contributed by atoms with Gasteiger partial charge in [0.2, 0.25) is 0 Å². The number of nitrogens with one attached hydrogen (secondary N) is 1. The van der Waals surface area contributed by atoms with Crippen molar-refractivity contribution in [2.75, 3.05) is 0 Å². The number of hydrogen-bond acceptors (Lipinski definition) is 3. The molecule has 2 N–H and O–H groups in total. The summed E-state index contributed by atoms with van der Waals surface area (Å²) in [6, 6.07) is 0.0592. The first-order valence-corrected chi connectivity index (χ1v) is 6.98. The summed E-state index contributed by atoms with van der Waals surface area (Å²) in [5, 5.41) is 13.3. The molecule has 0 heterocycles. The summed E-state index contributed by atoms with van der Waals surface area (Å²) in [7, 11) is 0. The van der Waals surface area contributed by atoms with Crippen molar-refractivity contribution in [3.63, 3.8) is 0 Å². The van der Waals surface area contributed by atoms with Crippen LogP contribution in [0, 0.1) is 5.92 Å². The van der Waals surface area contributed by atoms with Gasteiger partial charge in [-0.1, -0.05) is 12.8 Å². The van der Waals surface area contributed by atoms with Gasteiger partial charge in [0.15, 0.2) is 0 Å². The smallest absolute Gasteiger partial charge is 0.407 e. The molecule has 0 aliphatic heterocycles. The van der Waals surface area contributed by atoms with Crippen LogP contribution in [0.3, 0.4) is 0 Å². The molecule has 4 heteroatoms. The fourth-order valence-electron chi connectivity index (χ4n) is 3.38. The number of rotatable bonds is 1. The summed E-state index contributed by atoms with van der Waals surface area (Å²) >= 11 is 0. The minimum absolute atomic E-state index is 0.0592. The van der Waals surface area contributed by atoms with Crippen molar-refractivity contribution in [1.82, 2.24) is 5.32 Å². The highest BCUT2D eigenvalue weighted by molar-refractivity contribution is 5.68. The second-order valence-corrected chi connectivity index (χ2v) is 6.97. The summed E-state index contributed by atoms with van der Waals surface area (Å²) < 4.78 is 5.26. The molecule has 2 rings (SSSR count). The van der Waals surface area contributed by atoms with E-state index < -0.39 is 11.2 Å². The lowest BCUT2D eigenvalue weighted by Gasteiger charge is -2.45. The van der Waals surface area contributed by atoms with Crippen molar-refractivity contribution in [2.45, 2.75) is 76.5 Å². The van der Waals surface area contributed by atoms with Gasteiger partial charge in [-0.15, -0.1) is 0 Å². The quantitative estimate of drug-likeness (QED) is 0.757. The first-order valence-electron chi connectivity index (χ1n) is 6.98. The van der Waals surface area contributed by atoms with Crippen molar-refractivity contribution in [1.29, 1.82) is 0 Å². The number of aliphatic hydroxyl groups is 1. The van der Waals surface area contributed by atoms with Gasteiger partial charge in [-0.2, -0.15) is 0 Å². The highest BCUT2D eigenvalue weighted by atomic mass is 16.6. The van der Waals surface area contributed by atoms with E-state index in [4.69, 9.17) is 4.74 Å². The Bertz CT molecular complexity index is 323. The molecule has 0 spiro atoms. The van der Waals surface area contributed by atoms with Crippen LogP contribution in [-0.2, 0) is 4.74 Å². The highest BCUT2D eigenvalue weighted by Crippen LogP contribution is 2.42. The van der Waals surface area contributed by atoms with Crippen LogP contribution < -0.4 is 5.32 Å². The zero-order chi connectivity index (χ0) is 13.4. The van der Waals surface area contributed by atoms with Crippen LogP contribution in [-0.4, -0.2) is 28.4 Å². The number of hydrogen-bond donors (Lipinski definition) is 2. The van der Waals surface area contributed by atoms with Gasteiger partial charge in [-0.3, -0.25) is 0 Å². The Hall–Kier alpha value is -0.770. The van der Waals surface area contributed by atoms with E-state index in [1.54, 1.807) is 0 Å². The Morgan fingerprint density at radius 2 is 2.11 bits per heavy atom. The lowest BCUT2D eigenvalue weighted by atomic mass is 9.67. The molecule has 0 saturated heterocycles. The average Bonchev–Trinajstić information content (AvgIpc) is 2.11. The molecule has 18 heavy (non-hydrogen) atoms. The van der Waals surface area contributed by atoms with Crippen LogP contribution >= 0.6 is 0 Å². The molecule has 2 saturated carbocycles. The van der Waals surface area contributed by atoms with Crippen LogP contribution in [0.25, 0.3) is 0 Å². The van der Waals surface area contributed by atoms with Crippen molar-refractivity contribution >= 4 is 6.09 Å². The standard InChI is InChI=1S/C14H25NO3/c1-13(2,3)18-12(16)15-11-7-10-5-4-6-14(17,8-10)9-11/h10-11,17H,4-9H2,1-3H3,(H,15,16). The number of amides is 1. The summed E-state index contributed by atoms with van der Waals surface area (Å²) in [4.78, 5) is 11.7. The first-order chi connectivity index (χ1) is 8.26. The molecular weight excluding hydrogens is 230 g/mol. The molecule has 0 aromatic rings. The van der Waals surface area contributed by atoms with E-state index in [0.717, 1.165) is 25.7 Å². The molecule has 104 valence electrons. The van der Waals surface area contributed by atoms with Crippen molar-refractivity contribution in [3.05, 3.63) is 0 Å². The van der Waals surface area contributed by atoms with Gasteiger partial charge in [0.1, 0.15) is 5.60 Å². The third-order valence-electron chi connectivity index (χ3n) is 3.89. The Balaban J connectivity index is 1.89. The molecule has 2 aliphatic rings. The maximum absolute atomic E-state index is 11.7. The largest absolute Gasteiger partial charge is 0.444 e. The molecule has 2 aliphatic carbocycles. The fraction of sp³-hybridized carbons (Fsp3) is 0.929. The molecule has 2 bridgehead atoms. The van der Waals surface area contributed by atoms with Gasteiger partial charge < -0.3 is 15.2 Å². The van der Waals surface area contributed by atoms with E-state index in [2.05, 4.69) is 5.32 Å². The van der Waals surface area contributed by atoms with Gasteiger partial charge >= 0.3 is 6.09 Å². The Morgan fingerprint density at radius 1 is 1.39 bits per heavy atom. The Morgan fingerprint density at radius 3 is 2.72 bits per heavy atom. The van der Waals surface area contributed by atoms with Gasteiger partial charge in [0, 0.05) is 6.04 Å². The van der Waals surface area contributed by atoms with Crippen LogP contribution in [0.4, 0.5) is 4.79 Å². The number of ether oxygens (including phenoxy) is 1. The van der Waals surface area contributed by atoms with E-state index in [1.807, 2.05) is 20.8 Å². The number of carbonyl (C=O) groups excluding carboxylic acids is 1. The highest BCUT2D eigenvalue weighted by Gasteiger charge is 2.42. The molecular formula is C14H25NO3. The van der Waals surface area contributed by atoms with Gasteiger partial charge in [0.25, 0.3) is 0 Å². The molecule has 1 amide bonds. The van der Waals surface area contributed by atoms with Crippen molar-refractivity contribution < 1.29 is 14.6 Å². The number of alkyl carbamates (subject to hydrolysis) is 1. The van der Waals surface area contributed by atoms with Crippen LogP contribution in [0.5, 0.6) is 0 Å². The summed E-state index contributed by atoms with van der Waals surface area (Å²) in [6.45, 7) is 5.57. The van der Waals surface area contributed by atoms with E-state index in [1.165, 1.54) is 6.42 Å². The zero-order valence-electron chi connectivity index (χ0n) is 11.7. The Kier molecular flexibility index (Phi) is 3.58. The molecule has 3 unspecified atom stereocenters. The summed E-state index contributed by atoms with van der Waals surface area (Å²) in [6.07, 6.45) is 5.34. The lowest BCUT2D eigenvalue weighted by Crippen LogP contribution is -2.51. The van der Waals surface area contributed by atoms with Crippen molar-refractivity contribution in [2.24, 2.45) is 5.92 Å². The molecule has 0 aromatic carbocycles. The predicted octanol–water partition coefficient (Wildman–Crippen LogP) is 2.59. The lowest BCUT2D eigenvalue weighted by molar-refractivity contribution is -0.0584. The second-order valence-electron chi connectivity index (χ2n) is 6.97. The molecule has 2 fully saturated rings. The Labute approximate surface area is 109 Å². The number of carbonyl (C=O) groups is 1. The third kappa shape index (κ3) is 3.61. The van der Waals surface area contributed by atoms with Gasteiger partial charge in [-0.25, -0.2) is 4.79 Å². The fourth-order valence-corrected chi connectivity index (χ4v) is 3.38. The molecule has 4 nitrogen and oxygen atoms in total. The molecule has 3 atom stereocenters. The average molecular weight is 255 g/mol. The SMILES string of the molecule is CC(C)(C)OC(=O)NC1CC2CCCC(O)(C2)C1. The van der Waals surface area contributed by atoms with Gasteiger partial charge in [0.05, 0.1) is 5.60 Å². The van der Waals surface area contributed by atoms with Gasteiger partial charge in [-0.05, 0) is 52.4 Å².